The molecule has 2 aromatic heterocycles. The van der Waals surface area contributed by atoms with Crippen molar-refractivity contribution in [3.8, 4) is 17.0 Å². The number of aryl methyl sites for hydroxylation is 1. The maximum Gasteiger partial charge on any atom is 0.264 e. The topological polar surface area (TPSA) is 63.5 Å². The zero-order chi connectivity index (χ0) is 25.9. The van der Waals surface area contributed by atoms with Crippen molar-refractivity contribution in [1.82, 2.24) is 24.6 Å². The predicted molar refractivity (Wildman–Crippen MR) is 138 cm³/mol. The highest BCUT2D eigenvalue weighted by Gasteiger charge is 2.25. The van der Waals surface area contributed by atoms with Crippen LogP contribution in [0.5, 0.6) is 5.75 Å². The van der Waals surface area contributed by atoms with E-state index in [-0.39, 0.29) is 18.0 Å². The first kappa shape index (κ1) is 24.8. The van der Waals surface area contributed by atoms with Crippen LogP contribution in [0.25, 0.3) is 22.3 Å². The highest BCUT2D eigenvalue weighted by Crippen LogP contribution is 2.33. The molecule has 0 saturated carbocycles. The molecule has 37 heavy (non-hydrogen) atoms. The van der Waals surface area contributed by atoms with Crippen LogP contribution in [-0.4, -0.2) is 63.8 Å². The lowest BCUT2D eigenvalue weighted by molar-refractivity contribution is -0.133. The molecule has 0 N–H and O–H groups in total. The zero-order valence-electron chi connectivity index (χ0n) is 20.9. The highest BCUT2D eigenvalue weighted by molar-refractivity contribution is 5.87. The Labute approximate surface area is 214 Å². The maximum atomic E-state index is 14.0. The van der Waals surface area contributed by atoms with Gasteiger partial charge < -0.3 is 9.64 Å². The molecule has 0 spiro atoms. The molecule has 1 aliphatic rings. The Morgan fingerprint density at radius 3 is 2.49 bits per heavy atom. The minimum Gasteiger partial charge on any atom is -0.497 e. The number of alkyl halides is 2. The van der Waals surface area contributed by atoms with E-state index in [1.807, 2.05) is 48.5 Å². The van der Waals surface area contributed by atoms with Crippen LogP contribution in [0.2, 0.25) is 0 Å². The quantitative estimate of drug-likeness (QED) is 0.365. The third-order valence-corrected chi connectivity index (χ3v) is 6.76. The Bertz CT molecular complexity index is 1400. The van der Waals surface area contributed by atoms with Gasteiger partial charge in [-0.25, -0.2) is 18.4 Å². The van der Waals surface area contributed by atoms with Crippen LogP contribution >= 0.6 is 0 Å². The number of hydrogen-bond donors (Lipinski definition) is 0. The number of piperazine rings is 1. The van der Waals surface area contributed by atoms with Gasteiger partial charge in [-0.2, -0.15) is 5.10 Å². The van der Waals surface area contributed by atoms with E-state index in [9.17, 15) is 13.6 Å². The fourth-order valence-corrected chi connectivity index (χ4v) is 4.84. The molecular weight excluding hydrogens is 476 g/mol. The average Bonchev–Trinajstić information content (AvgIpc) is 3.23. The SMILES string of the molecule is COc1cccc(CN2CCN(C(=O)Cn3nc(C)c4c(C(F)F)cc(-c5ccccc5)nc43)CC2)c1. The summed E-state index contributed by atoms with van der Waals surface area (Å²) in [6.07, 6.45) is -2.68. The molecule has 1 amide bonds. The van der Waals surface area contributed by atoms with E-state index in [0.717, 1.165) is 36.5 Å². The van der Waals surface area contributed by atoms with Crippen molar-refractivity contribution in [1.29, 1.82) is 0 Å². The van der Waals surface area contributed by atoms with Gasteiger partial charge in [0.2, 0.25) is 5.91 Å². The Hall–Kier alpha value is -3.85. The van der Waals surface area contributed by atoms with Gasteiger partial charge in [-0.15, -0.1) is 0 Å². The number of benzene rings is 2. The summed E-state index contributed by atoms with van der Waals surface area (Å²) < 4.78 is 34.8. The van der Waals surface area contributed by atoms with Crippen molar-refractivity contribution < 1.29 is 18.3 Å². The van der Waals surface area contributed by atoms with Gasteiger partial charge >= 0.3 is 0 Å². The number of halogens is 2. The van der Waals surface area contributed by atoms with Crippen LogP contribution < -0.4 is 4.74 Å². The van der Waals surface area contributed by atoms with Crippen LogP contribution in [0.1, 0.15) is 23.2 Å². The van der Waals surface area contributed by atoms with E-state index < -0.39 is 6.43 Å². The summed E-state index contributed by atoms with van der Waals surface area (Å²) in [5.41, 5.74) is 2.95. The summed E-state index contributed by atoms with van der Waals surface area (Å²) in [7, 11) is 1.65. The molecule has 1 fully saturated rings. The normalized spacial score (nSPS) is 14.5. The minimum atomic E-state index is -2.68. The number of fused-ring (bicyclic) bond motifs is 1. The number of rotatable bonds is 7. The summed E-state index contributed by atoms with van der Waals surface area (Å²) in [5, 5.41) is 4.75. The van der Waals surface area contributed by atoms with Crippen molar-refractivity contribution in [2.45, 2.75) is 26.4 Å². The van der Waals surface area contributed by atoms with E-state index in [4.69, 9.17) is 4.74 Å². The predicted octanol–water partition coefficient (Wildman–Crippen LogP) is 4.70. The van der Waals surface area contributed by atoms with Gasteiger partial charge in [-0.1, -0.05) is 42.5 Å². The van der Waals surface area contributed by atoms with Gasteiger partial charge in [0.15, 0.2) is 5.65 Å². The number of amides is 1. The van der Waals surface area contributed by atoms with Crippen molar-refractivity contribution in [2.75, 3.05) is 33.3 Å². The molecule has 1 aliphatic heterocycles. The first-order chi connectivity index (χ1) is 17.9. The lowest BCUT2D eigenvalue weighted by Gasteiger charge is -2.34. The van der Waals surface area contributed by atoms with E-state index in [1.165, 1.54) is 10.7 Å². The number of aromatic nitrogens is 3. The fourth-order valence-electron chi connectivity index (χ4n) is 4.84. The summed E-state index contributed by atoms with van der Waals surface area (Å²) in [6, 6.07) is 18.6. The van der Waals surface area contributed by atoms with Crippen molar-refractivity contribution in [2.24, 2.45) is 0 Å². The molecule has 192 valence electrons. The molecular formula is C28H29F2N5O2. The number of carbonyl (C=O) groups is 1. The van der Waals surface area contributed by atoms with Crippen LogP contribution in [-0.2, 0) is 17.9 Å². The molecule has 7 nitrogen and oxygen atoms in total. The standard InChI is InChI=1S/C28H29F2N5O2/c1-19-26-23(27(29)30)16-24(21-8-4-3-5-9-21)31-28(26)35(32-19)18-25(36)34-13-11-33(12-14-34)17-20-7-6-10-22(15-20)37-2/h3-10,15-16,27H,11-14,17-18H2,1-2H3. The summed E-state index contributed by atoms with van der Waals surface area (Å²) >= 11 is 0. The second-order valence-electron chi connectivity index (χ2n) is 9.21. The number of pyridine rings is 1. The van der Waals surface area contributed by atoms with Gasteiger partial charge in [0, 0.05) is 43.9 Å². The molecule has 0 aliphatic carbocycles. The molecule has 1 saturated heterocycles. The van der Waals surface area contributed by atoms with Crippen molar-refractivity contribution >= 4 is 16.9 Å². The Morgan fingerprint density at radius 1 is 1.03 bits per heavy atom. The highest BCUT2D eigenvalue weighted by atomic mass is 19.3. The Kier molecular flexibility index (Phi) is 7.14. The molecule has 9 heteroatoms. The van der Waals surface area contributed by atoms with E-state index >= 15 is 0 Å². The third kappa shape index (κ3) is 5.32. The van der Waals surface area contributed by atoms with Crippen LogP contribution in [0.3, 0.4) is 0 Å². The molecule has 3 heterocycles. The number of carbonyl (C=O) groups excluding carboxylic acids is 1. The first-order valence-corrected chi connectivity index (χ1v) is 12.3. The number of ether oxygens (including phenoxy) is 1. The van der Waals surface area contributed by atoms with Gasteiger partial charge in [0.25, 0.3) is 6.43 Å². The van der Waals surface area contributed by atoms with Crippen molar-refractivity contribution in [3.05, 3.63) is 77.5 Å². The van der Waals surface area contributed by atoms with Crippen LogP contribution in [0.4, 0.5) is 8.78 Å². The van der Waals surface area contributed by atoms with E-state index in [2.05, 4.69) is 21.0 Å². The Morgan fingerprint density at radius 2 is 1.78 bits per heavy atom. The number of nitrogens with zero attached hydrogens (tertiary/aromatic N) is 5. The molecule has 0 bridgehead atoms. The van der Waals surface area contributed by atoms with E-state index in [0.29, 0.717) is 35.5 Å². The third-order valence-electron chi connectivity index (χ3n) is 6.76. The number of hydrogen-bond acceptors (Lipinski definition) is 5. The van der Waals surface area contributed by atoms with Crippen LogP contribution in [0, 0.1) is 6.92 Å². The molecule has 5 rings (SSSR count). The van der Waals surface area contributed by atoms with Gasteiger partial charge in [0.05, 0.1) is 23.9 Å². The van der Waals surface area contributed by atoms with Crippen LogP contribution in [0.15, 0.2) is 60.7 Å². The summed E-state index contributed by atoms with van der Waals surface area (Å²) in [4.78, 5) is 22.0. The molecule has 4 aromatic rings. The minimum absolute atomic E-state index is 0.0475. The lowest BCUT2D eigenvalue weighted by Crippen LogP contribution is -2.49. The maximum absolute atomic E-state index is 14.0. The zero-order valence-corrected chi connectivity index (χ0v) is 20.9. The van der Waals surface area contributed by atoms with Gasteiger partial charge in [0.1, 0.15) is 12.3 Å². The fraction of sp³-hybridized carbons (Fsp3) is 0.321. The van der Waals surface area contributed by atoms with E-state index in [1.54, 1.807) is 18.9 Å². The van der Waals surface area contributed by atoms with Gasteiger partial charge in [-0.3, -0.25) is 9.69 Å². The van der Waals surface area contributed by atoms with Gasteiger partial charge in [-0.05, 0) is 30.7 Å². The molecule has 0 atom stereocenters. The largest absolute Gasteiger partial charge is 0.497 e. The lowest BCUT2D eigenvalue weighted by atomic mass is 10.1. The number of methoxy groups -OCH3 is 1. The second kappa shape index (κ2) is 10.6. The molecule has 0 radical (unpaired) electrons. The smallest absolute Gasteiger partial charge is 0.264 e. The average molecular weight is 506 g/mol. The molecule has 2 aromatic carbocycles. The monoisotopic (exact) mass is 505 g/mol. The summed E-state index contributed by atoms with van der Waals surface area (Å²) in [5.74, 6) is 0.725. The van der Waals surface area contributed by atoms with Crippen molar-refractivity contribution in [3.63, 3.8) is 0 Å². The first-order valence-electron chi connectivity index (χ1n) is 12.3. The second-order valence-corrected chi connectivity index (χ2v) is 9.21. The summed E-state index contributed by atoms with van der Waals surface area (Å²) in [6.45, 7) is 5.08. The Balaban J connectivity index is 1.32. The molecule has 0 unspecified atom stereocenters.